The smallest absolute Gasteiger partial charge is 0.129 e. The zero-order chi connectivity index (χ0) is 7.03. The molecule has 2 bridgehead atoms. The molecule has 0 spiro atoms. The minimum atomic E-state index is 1.32. The highest BCUT2D eigenvalue weighted by molar-refractivity contribution is 14.1. The van der Waals surface area contributed by atoms with Crippen LogP contribution in [-0.2, 0) is 0 Å². The topological polar surface area (TPSA) is 3.24 Å². The van der Waals surface area contributed by atoms with Gasteiger partial charge in [0.1, 0.15) is 4.55 Å². The Labute approximate surface area is 75.9 Å². The Balaban J connectivity index is 2.08. The molecule has 0 aliphatic carbocycles. The third-order valence-corrected chi connectivity index (χ3v) is 4.37. The summed E-state index contributed by atoms with van der Waals surface area (Å²) in [5.74, 6) is 0. The van der Waals surface area contributed by atoms with Gasteiger partial charge < -0.3 is 4.48 Å². The summed E-state index contributed by atoms with van der Waals surface area (Å²) in [6.45, 7) is 8.27. The Morgan fingerprint density at radius 1 is 1.10 bits per heavy atom. The molecule has 3 fully saturated rings. The van der Waals surface area contributed by atoms with Crippen LogP contribution in [0.3, 0.4) is 0 Å². The molecular weight excluding hydrogens is 239 g/mol. The largest absolute Gasteiger partial charge is 0.312 e. The second-order valence-corrected chi connectivity index (χ2v) is 4.16. The van der Waals surface area contributed by atoms with Gasteiger partial charge in [-0.25, -0.2) is 0 Å². The number of nitrogens with zero attached hydrogens (tertiary/aromatic N) is 2. The third-order valence-electron chi connectivity index (χ3n) is 2.93. The predicted octanol–water partition coefficient (Wildman–Crippen LogP) is 0.525. The molecule has 3 saturated heterocycles. The lowest BCUT2D eigenvalue weighted by Crippen LogP contribution is -2.66. The van der Waals surface area contributed by atoms with Gasteiger partial charge in [0.05, 0.1) is 19.6 Å². The molecule has 0 radical (unpaired) electrons. The van der Waals surface area contributed by atoms with Gasteiger partial charge in [-0.3, -0.25) is 4.90 Å². The van der Waals surface area contributed by atoms with E-state index in [1.807, 2.05) is 0 Å². The summed E-state index contributed by atoms with van der Waals surface area (Å²) >= 11 is 2.54. The van der Waals surface area contributed by atoms with Gasteiger partial charge in [0.2, 0.25) is 0 Å². The van der Waals surface area contributed by atoms with E-state index in [0.29, 0.717) is 0 Å². The average molecular weight is 253 g/mol. The lowest BCUT2D eigenvalue weighted by molar-refractivity contribution is -0.926. The lowest BCUT2D eigenvalue weighted by Gasteiger charge is -2.49. The Morgan fingerprint density at radius 3 is 1.90 bits per heavy atom. The molecular formula is C7H14IN2+. The van der Waals surface area contributed by atoms with Crippen molar-refractivity contribution in [1.29, 1.82) is 0 Å². The van der Waals surface area contributed by atoms with Gasteiger partial charge in [0.25, 0.3) is 0 Å². The normalized spacial score (nSPS) is 45.9. The summed E-state index contributed by atoms with van der Waals surface area (Å²) in [7, 11) is 0. The first-order chi connectivity index (χ1) is 4.85. The summed E-state index contributed by atoms with van der Waals surface area (Å²) in [5.41, 5.74) is 0. The van der Waals surface area contributed by atoms with Gasteiger partial charge in [-0.05, 0) is 22.6 Å². The molecule has 10 heavy (non-hydrogen) atoms. The number of halogens is 1. The molecule has 0 aromatic rings. The van der Waals surface area contributed by atoms with Crippen LogP contribution in [-0.4, -0.2) is 53.2 Å². The van der Waals surface area contributed by atoms with Crippen molar-refractivity contribution in [2.24, 2.45) is 0 Å². The zero-order valence-electron chi connectivity index (χ0n) is 6.22. The van der Waals surface area contributed by atoms with E-state index in [9.17, 15) is 0 Å². The summed E-state index contributed by atoms with van der Waals surface area (Å²) < 4.78 is 2.72. The third kappa shape index (κ3) is 1.08. The maximum Gasteiger partial charge on any atom is 0.129 e. The molecule has 3 heterocycles. The molecule has 3 aliphatic rings. The van der Waals surface area contributed by atoms with E-state index in [4.69, 9.17) is 0 Å². The van der Waals surface area contributed by atoms with Gasteiger partial charge in [0.15, 0.2) is 0 Å². The highest BCUT2D eigenvalue weighted by Gasteiger charge is 2.36. The molecule has 0 unspecified atom stereocenters. The van der Waals surface area contributed by atoms with E-state index in [-0.39, 0.29) is 0 Å². The molecule has 0 amide bonds. The van der Waals surface area contributed by atoms with E-state index in [1.165, 1.54) is 48.3 Å². The Kier molecular flexibility index (Phi) is 1.90. The first kappa shape index (κ1) is 7.31. The van der Waals surface area contributed by atoms with E-state index < -0.39 is 0 Å². The van der Waals surface area contributed by atoms with Crippen LogP contribution in [0.2, 0.25) is 0 Å². The Morgan fingerprint density at radius 2 is 1.60 bits per heavy atom. The number of fused-ring (bicyclic) bond motifs is 3. The van der Waals surface area contributed by atoms with Crippen LogP contribution in [0.5, 0.6) is 0 Å². The van der Waals surface area contributed by atoms with Crippen molar-refractivity contribution in [3.63, 3.8) is 0 Å². The van der Waals surface area contributed by atoms with Crippen LogP contribution in [0.15, 0.2) is 0 Å². The first-order valence-electron chi connectivity index (χ1n) is 3.98. The molecule has 3 aliphatic heterocycles. The van der Waals surface area contributed by atoms with Gasteiger partial charge >= 0.3 is 0 Å². The number of rotatable bonds is 1. The van der Waals surface area contributed by atoms with Crippen LogP contribution >= 0.6 is 22.6 Å². The lowest BCUT2D eigenvalue weighted by atomic mass is 10.2. The van der Waals surface area contributed by atoms with Crippen molar-refractivity contribution in [3.05, 3.63) is 0 Å². The molecule has 0 aromatic carbocycles. The first-order valence-corrected chi connectivity index (χ1v) is 5.51. The molecule has 2 nitrogen and oxygen atoms in total. The van der Waals surface area contributed by atoms with Crippen molar-refractivity contribution < 1.29 is 4.48 Å². The van der Waals surface area contributed by atoms with E-state index in [1.54, 1.807) is 0 Å². The van der Waals surface area contributed by atoms with Crippen LogP contribution in [0, 0.1) is 0 Å². The van der Waals surface area contributed by atoms with Crippen molar-refractivity contribution in [3.8, 4) is 0 Å². The van der Waals surface area contributed by atoms with Gasteiger partial charge in [-0.15, -0.1) is 0 Å². The molecule has 3 rings (SSSR count). The second-order valence-electron chi connectivity index (χ2n) is 3.47. The van der Waals surface area contributed by atoms with Crippen molar-refractivity contribution in [2.45, 2.75) is 0 Å². The minimum Gasteiger partial charge on any atom is -0.312 e. The molecule has 0 N–H and O–H groups in total. The van der Waals surface area contributed by atoms with Crippen LogP contribution in [0.1, 0.15) is 0 Å². The van der Waals surface area contributed by atoms with Gasteiger partial charge in [-0.2, -0.15) is 0 Å². The van der Waals surface area contributed by atoms with Gasteiger partial charge in [-0.1, -0.05) is 0 Å². The van der Waals surface area contributed by atoms with E-state index in [0.717, 1.165) is 0 Å². The van der Waals surface area contributed by atoms with Gasteiger partial charge in [0, 0.05) is 19.6 Å². The molecule has 0 saturated carbocycles. The number of piperazine rings is 3. The van der Waals surface area contributed by atoms with Crippen LogP contribution in [0.25, 0.3) is 0 Å². The number of hydrogen-bond acceptors (Lipinski definition) is 1. The summed E-state index contributed by atoms with van der Waals surface area (Å²) in [6.07, 6.45) is 0. The van der Waals surface area contributed by atoms with E-state index >= 15 is 0 Å². The zero-order valence-corrected chi connectivity index (χ0v) is 8.38. The average Bonchev–Trinajstić information content (AvgIpc) is 2.08. The van der Waals surface area contributed by atoms with Crippen LogP contribution in [0.4, 0.5) is 0 Å². The highest BCUT2D eigenvalue weighted by atomic mass is 127. The predicted molar refractivity (Wildman–Crippen MR) is 50.2 cm³/mol. The maximum absolute atomic E-state index is 2.59. The Hall–Kier alpha value is 0.650. The van der Waals surface area contributed by atoms with Crippen LogP contribution < -0.4 is 0 Å². The molecule has 0 aromatic heterocycles. The standard InChI is InChI=1S/C7H14IN2/c8-7-10-4-1-9(2-5-10)3-6-10/h1-7H2/q+1. The molecule has 3 heteroatoms. The van der Waals surface area contributed by atoms with Crippen molar-refractivity contribution in [1.82, 2.24) is 4.90 Å². The number of hydrogen-bond donors (Lipinski definition) is 0. The summed E-state index contributed by atoms with van der Waals surface area (Å²) in [4.78, 5) is 2.59. The second kappa shape index (κ2) is 2.60. The van der Waals surface area contributed by atoms with Crippen molar-refractivity contribution >= 4 is 22.6 Å². The summed E-state index contributed by atoms with van der Waals surface area (Å²) in [5, 5.41) is 0. The maximum atomic E-state index is 2.59. The fraction of sp³-hybridized carbons (Fsp3) is 1.00. The fourth-order valence-corrected chi connectivity index (χ4v) is 2.93. The van der Waals surface area contributed by atoms with Crippen molar-refractivity contribution in [2.75, 3.05) is 43.8 Å². The number of quaternary nitrogens is 1. The minimum absolute atomic E-state index is 1.32. The monoisotopic (exact) mass is 253 g/mol. The molecule has 0 atom stereocenters. The quantitative estimate of drug-likeness (QED) is 0.285. The fourth-order valence-electron chi connectivity index (χ4n) is 1.91. The van der Waals surface area contributed by atoms with E-state index in [2.05, 4.69) is 27.5 Å². The summed E-state index contributed by atoms with van der Waals surface area (Å²) in [6, 6.07) is 0. The highest BCUT2D eigenvalue weighted by Crippen LogP contribution is 2.20. The Bertz CT molecular complexity index is 116. The molecule has 58 valence electrons. The SMILES string of the molecule is IC[N+]12CCN(CC1)CC2. The number of alkyl halides is 1.